The molecule has 0 spiro atoms. The lowest BCUT2D eigenvalue weighted by molar-refractivity contribution is -0.114. The summed E-state index contributed by atoms with van der Waals surface area (Å²) in [6.45, 7) is 1.05. The number of carbonyl (C=O) groups is 1. The number of aliphatic hydroxyl groups excluding tert-OH is 1. The minimum atomic E-state index is -3.59. The Morgan fingerprint density at radius 3 is 2.52 bits per heavy atom. The Morgan fingerprint density at radius 1 is 1.39 bits per heavy atom. The van der Waals surface area contributed by atoms with Crippen LogP contribution in [0.15, 0.2) is 46.3 Å². The summed E-state index contributed by atoms with van der Waals surface area (Å²) < 4.78 is 27.1. The van der Waals surface area contributed by atoms with Crippen molar-refractivity contribution in [2.75, 3.05) is 17.7 Å². The number of benzene rings is 1. The van der Waals surface area contributed by atoms with Crippen LogP contribution in [0.2, 0.25) is 0 Å². The number of amides is 1. The van der Waals surface area contributed by atoms with E-state index in [9.17, 15) is 18.3 Å². The molecular weight excluding hydrogens is 386 g/mol. The average Bonchev–Trinajstić information content (AvgIpc) is 2.91. The number of aliphatic hydroxyl groups is 1. The molecule has 7 nitrogen and oxygen atoms in total. The molecule has 0 saturated carbocycles. The van der Waals surface area contributed by atoms with E-state index in [-0.39, 0.29) is 23.2 Å². The molecule has 1 aromatic carbocycles. The Bertz CT molecular complexity index is 787. The van der Waals surface area contributed by atoms with Gasteiger partial charge in [-0.15, -0.1) is 0 Å². The first-order valence-electron chi connectivity index (χ1n) is 6.72. The normalized spacial score (nSPS) is 12.8. The highest BCUT2D eigenvalue weighted by molar-refractivity contribution is 9.10. The highest BCUT2D eigenvalue weighted by atomic mass is 79.9. The zero-order chi connectivity index (χ0) is 17.0. The molecule has 2 aromatic rings. The van der Waals surface area contributed by atoms with E-state index in [1.807, 2.05) is 0 Å². The van der Waals surface area contributed by atoms with E-state index in [1.54, 1.807) is 10.8 Å². The van der Waals surface area contributed by atoms with Crippen molar-refractivity contribution in [3.8, 4) is 0 Å². The summed E-state index contributed by atoms with van der Waals surface area (Å²) >= 11 is 3.18. The van der Waals surface area contributed by atoms with Gasteiger partial charge in [-0.3, -0.25) is 4.79 Å². The monoisotopic (exact) mass is 401 g/mol. The van der Waals surface area contributed by atoms with Crippen LogP contribution in [-0.2, 0) is 14.6 Å². The van der Waals surface area contributed by atoms with Crippen LogP contribution in [0.4, 0.5) is 5.69 Å². The number of rotatable bonds is 6. The van der Waals surface area contributed by atoms with Gasteiger partial charge >= 0.3 is 0 Å². The third kappa shape index (κ3) is 4.63. The first kappa shape index (κ1) is 17.6. The minimum absolute atomic E-state index is 0.129. The SMILES string of the molecule is CC(=O)Nc1ccc(S(=O)(=O)CC(CO)n2cnc(Br)c2)cc1. The quantitative estimate of drug-likeness (QED) is 0.765. The zero-order valence-electron chi connectivity index (χ0n) is 12.3. The number of hydrogen-bond acceptors (Lipinski definition) is 5. The molecule has 2 rings (SSSR count). The third-order valence-corrected chi connectivity index (χ3v) is 5.37. The molecule has 124 valence electrons. The van der Waals surface area contributed by atoms with Crippen molar-refractivity contribution in [2.45, 2.75) is 17.9 Å². The highest BCUT2D eigenvalue weighted by Crippen LogP contribution is 2.20. The fraction of sp³-hybridized carbons (Fsp3) is 0.286. The van der Waals surface area contributed by atoms with Gasteiger partial charge in [-0.2, -0.15) is 0 Å². The van der Waals surface area contributed by atoms with E-state index in [1.165, 1.54) is 37.5 Å². The summed E-state index contributed by atoms with van der Waals surface area (Å²) in [5, 5.41) is 12.0. The van der Waals surface area contributed by atoms with Gasteiger partial charge in [-0.1, -0.05) is 0 Å². The lowest BCUT2D eigenvalue weighted by Gasteiger charge is -2.16. The van der Waals surface area contributed by atoms with E-state index in [2.05, 4.69) is 26.2 Å². The minimum Gasteiger partial charge on any atom is -0.394 e. The molecule has 23 heavy (non-hydrogen) atoms. The Labute approximate surface area is 142 Å². The predicted molar refractivity (Wildman–Crippen MR) is 88.8 cm³/mol. The number of carbonyl (C=O) groups excluding carboxylic acids is 1. The van der Waals surface area contributed by atoms with E-state index in [0.717, 1.165) is 0 Å². The summed E-state index contributed by atoms with van der Waals surface area (Å²) in [5.74, 6) is -0.488. The maximum Gasteiger partial charge on any atom is 0.221 e. The molecule has 9 heteroatoms. The van der Waals surface area contributed by atoms with Crippen molar-refractivity contribution in [3.63, 3.8) is 0 Å². The van der Waals surface area contributed by atoms with Crippen molar-refractivity contribution in [3.05, 3.63) is 41.4 Å². The lowest BCUT2D eigenvalue weighted by Crippen LogP contribution is -2.22. The predicted octanol–water partition coefficient (Wildman–Crippen LogP) is 1.61. The molecular formula is C14H16BrN3O4S. The molecule has 0 aliphatic heterocycles. The number of aromatic nitrogens is 2. The maximum atomic E-state index is 12.5. The Hall–Kier alpha value is -1.71. The van der Waals surface area contributed by atoms with Crippen molar-refractivity contribution in [2.24, 2.45) is 0 Å². The smallest absolute Gasteiger partial charge is 0.221 e. The van der Waals surface area contributed by atoms with Gasteiger partial charge < -0.3 is 15.0 Å². The molecule has 0 fully saturated rings. The van der Waals surface area contributed by atoms with Gasteiger partial charge in [-0.25, -0.2) is 13.4 Å². The van der Waals surface area contributed by atoms with E-state index in [0.29, 0.717) is 10.3 Å². The average molecular weight is 402 g/mol. The van der Waals surface area contributed by atoms with Crippen LogP contribution in [0.5, 0.6) is 0 Å². The summed E-state index contributed by atoms with van der Waals surface area (Å²) in [5.41, 5.74) is 0.522. The van der Waals surface area contributed by atoms with Crippen molar-refractivity contribution < 1.29 is 18.3 Å². The molecule has 1 heterocycles. The second-order valence-corrected chi connectivity index (χ2v) is 7.81. The molecule has 1 unspecified atom stereocenters. The van der Waals surface area contributed by atoms with Gasteiger partial charge in [0.05, 0.1) is 29.6 Å². The molecule has 0 bridgehead atoms. The van der Waals surface area contributed by atoms with E-state index >= 15 is 0 Å². The number of nitrogens with zero attached hydrogens (tertiary/aromatic N) is 2. The van der Waals surface area contributed by atoms with Crippen LogP contribution in [-0.4, -0.2) is 41.3 Å². The Morgan fingerprint density at radius 2 is 2.04 bits per heavy atom. The van der Waals surface area contributed by atoms with Gasteiger partial charge in [-0.05, 0) is 40.2 Å². The number of imidazole rings is 1. The number of hydrogen-bond donors (Lipinski definition) is 2. The van der Waals surface area contributed by atoms with Crippen molar-refractivity contribution in [1.82, 2.24) is 9.55 Å². The fourth-order valence-electron chi connectivity index (χ4n) is 2.04. The largest absolute Gasteiger partial charge is 0.394 e. The first-order valence-corrected chi connectivity index (χ1v) is 9.16. The van der Waals surface area contributed by atoms with Crippen LogP contribution in [0.1, 0.15) is 13.0 Å². The maximum absolute atomic E-state index is 12.5. The molecule has 1 aromatic heterocycles. The Kier molecular flexibility index (Phi) is 5.55. The highest BCUT2D eigenvalue weighted by Gasteiger charge is 2.22. The van der Waals surface area contributed by atoms with Gasteiger partial charge in [0.15, 0.2) is 9.84 Å². The third-order valence-electron chi connectivity index (χ3n) is 3.15. The molecule has 2 N–H and O–H groups in total. The lowest BCUT2D eigenvalue weighted by atomic mass is 10.3. The van der Waals surface area contributed by atoms with Crippen LogP contribution < -0.4 is 5.32 Å². The molecule has 0 aliphatic rings. The molecule has 1 atom stereocenters. The molecule has 0 radical (unpaired) electrons. The van der Waals surface area contributed by atoms with Gasteiger partial charge in [0.2, 0.25) is 5.91 Å². The Balaban J connectivity index is 2.18. The summed E-state index contributed by atoms with van der Waals surface area (Å²) in [4.78, 5) is 15.1. The second kappa shape index (κ2) is 7.24. The fourth-order valence-corrected chi connectivity index (χ4v) is 3.90. The summed E-state index contributed by atoms with van der Waals surface area (Å²) in [6.07, 6.45) is 3.07. The van der Waals surface area contributed by atoms with Crippen LogP contribution in [0.25, 0.3) is 0 Å². The first-order chi connectivity index (χ1) is 10.8. The van der Waals surface area contributed by atoms with E-state index in [4.69, 9.17) is 0 Å². The van der Waals surface area contributed by atoms with Gasteiger partial charge in [0.25, 0.3) is 0 Å². The summed E-state index contributed by atoms with van der Waals surface area (Å²) in [7, 11) is -3.59. The zero-order valence-corrected chi connectivity index (χ0v) is 14.7. The number of halogens is 1. The molecule has 0 saturated heterocycles. The van der Waals surface area contributed by atoms with Crippen molar-refractivity contribution in [1.29, 1.82) is 0 Å². The summed E-state index contributed by atoms with van der Waals surface area (Å²) in [6, 6.07) is 5.28. The molecule has 0 aliphatic carbocycles. The standard InChI is InChI=1S/C14H16BrN3O4S/c1-10(20)17-11-2-4-13(5-3-11)23(21,22)8-12(7-19)18-6-14(15)16-9-18/h2-6,9,12,19H,7-8H2,1H3,(H,17,20). The number of nitrogens with one attached hydrogen (secondary N) is 1. The van der Waals surface area contributed by atoms with Crippen LogP contribution in [0, 0.1) is 0 Å². The number of anilines is 1. The van der Waals surface area contributed by atoms with Gasteiger partial charge in [0.1, 0.15) is 4.60 Å². The van der Waals surface area contributed by atoms with Gasteiger partial charge in [0, 0.05) is 18.8 Å². The second-order valence-electron chi connectivity index (χ2n) is 4.97. The number of sulfone groups is 1. The molecule has 1 amide bonds. The van der Waals surface area contributed by atoms with E-state index < -0.39 is 15.9 Å². The van der Waals surface area contributed by atoms with Crippen molar-refractivity contribution >= 4 is 37.4 Å². The topological polar surface area (TPSA) is 101 Å². The van der Waals surface area contributed by atoms with Crippen LogP contribution in [0.3, 0.4) is 0 Å². The van der Waals surface area contributed by atoms with Crippen LogP contribution >= 0.6 is 15.9 Å².